The number of amides is 1. The molecule has 1 N–H and O–H groups in total. The summed E-state index contributed by atoms with van der Waals surface area (Å²) in [6, 6.07) is 5.64. The molecule has 0 aromatic heterocycles. The van der Waals surface area contributed by atoms with E-state index >= 15 is 0 Å². The van der Waals surface area contributed by atoms with Crippen molar-refractivity contribution in [3.05, 3.63) is 28.8 Å². The number of carbonyl (C=O) groups excluding carboxylic acids is 1. The van der Waals surface area contributed by atoms with Gasteiger partial charge in [-0.15, -0.1) is 0 Å². The molecular formula is C15H23ClN2O2. The lowest BCUT2D eigenvalue weighted by molar-refractivity contribution is -0.133. The predicted molar refractivity (Wildman–Crippen MR) is 82.2 cm³/mol. The summed E-state index contributed by atoms with van der Waals surface area (Å²) in [5.74, 6) is 0.610. The average molecular weight is 299 g/mol. The zero-order chi connectivity index (χ0) is 15.1. The smallest absolute Gasteiger partial charge is 0.260 e. The molecule has 1 aromatic carbocycles. The van der Waals surface area contributed by atoms with Crippen LogP contribution in [0.1, 0.15) is 26.3 Å². The molecule has 1 rings (SSSR count). The fourth-order valence-electron chi connectivity index (χ4n) is 1.62. The van der Waals surface area contributed by atoms with E-state index in [0.717, 1.165) is 12.1 Å². The molecular weight excluding hydrogens is 276 g/mol. The van der Waals surface area contributed by atoms with Gasteiger partial charge in [-0.05, 0) is 32.5 Å². The number of hydrogen-bond donors (Lipinski definition) is 1. The number of ether oxygens (including phenoxy) is 1. The van der Waals surface area contributed by atoms with E-state index in [4.69, 9.17) is 16.3 Å². The first-order valence-electron chi connectivity index (χ1n) is 6.83. The van der Waals surface area contributed by atoms with Crippen molar-refractivity contribution in [3.63, 3.8) is 0 Å². The van der Waals surface area contributed by atoms with Gasteiger partial charge < -0.3 is 15.0 Å². The molecule has 0 atom stereocenters. The van der Waals surface area contributed by atoms with Gasteiger partial charge in [-0.2, -0.15) is 0 Å². The Morgan fingerprint density at radius 3 is 2.75 bits per heavy atom. The van der Waals surface area contributed by atoms with Crippen molar-refractivity contribution < 1.29 is 9.53 Å². The first-order chi connectivity index (χ1) is 9.47. The molecule has 5 heteroatoms. The largest absolute Gasteiger partial charge is 0.483 e. The number of carbonyl (C=O) groups is 1. The fraction of sp³-hybridized carbons (Fsp3) is 0.533. The number of rotatable bonds is 7. The number of nitrogens with one attached hydrogen (secondary N) is 1. The number of nitrogens with zero attached hydrogens (tertiary/aromatic N) is 1. The highest BCUT2D eigenvalue weighted by Gasteiger charge is 2.14. The Labute approximate surface area is 126 Å². The third-order valence-corrected chi connectivity index (χ3v) is 3.50. The Hall–Kier alpha value is -1.26. The van der Waals surface area contributed by atoms with Gasteiger partial charge >= 0.3 is 0 Å². The Morgan fingerprint density at radius 2 is 2.15 bits per heavy atom. The maximum Gasteiger partial charge on any atom is 0.260 e. The van der Waals surface area contributed by atoms with Crippen molar-refractivity contribution in [1.82, 2.24) is 10.2 Å². The molecule has 112 valence electrons. The summed E-state index contributed by atoms with van der Waals surface area (Å²) in [7, 11) is 1.77. The van der Waals surface area contributed by atoms with Crippen LogP contribution < -0.4 is 10.1 Å². The quantitative estimate of drug-likeness (QED) is 0.841. The standard InChI is InChI=1S/C15H23ClN2O2/c1-5-17-9-12-13(16)7-6-8-14(12)20-10-15(19)18(4)11(2)3/h6-8,11,17H,5,9-10H2,1-4H3. The molecule has 0 spiro atoms. The van der Waals surface area contributed by atoms with Gasteiger partial charge in [0.1, 0.15) is 5.75 Å². The van der Waals surface area contributed by atoms with Crippen molar-refractivity contribution in [2.75, 3.05) is 20.2 Å². The zero-order valence-electron chi connectivity index (χ0n) is 12.6. The van der Waals surface area contributed by atoms with Crippen LogP contribution in [0.15, 0.2) is 18.2 Å². The number of likely N-dealkylation sites (N-methyl/N-ethyl adjacent to an activating group) is 1. The van der Waals surface area contributed by atoms with Gasteiger partial charge in [-0.25, -0.2) is 0 Å². The van der Waals surface area contributed by atoms with Crippen LogP contribution in [-0.4, -0.2) is 37.0 Å². The highest BCUT2D eigenvalue weighted by Crippen LogP contribution is 2.26. The van der Waals surface area contributed by atoms with Gasteiger partial charge in [-0.1, -0.05) is 24.6 Å². The van der Waals surface area contributed by atoms with E-state index in [1.165, 1.54) is 0 Å². The topological polar surface area (TPSA) is 41.6 Å². The van der Waals surface area contributed by atoms with E-state index in [1.54, 1.807) is 11.9 Å². The second kappa shape index (κ2) is 8.12. The van der Waals surface area contributed by atoms with Crippen molar-refractivity contribution >= 4 is 17.5 Å². The number of hydrogen-bond acceptors (Lipinski definition) is 3. The molecule has 4 nitrogen and oxygen atoms in total. The summed E-state index contributed by atoms with van der Waals surface area (Å²) in [6.07, 6.45) is 0. The van der Waals surface area contributed by atoms with Gasteiger partial charge in [0.05, 0.1) is 0 Å². The lowest BCUT2D eigenvalue weighted by Gasteiger charge is -2.22. The Balaban J connectivity index is 2.72. The van der Waals surface area contributed by atoms with Crippen molar-refractivity contribution in [2.45, 2.75) is 33.4 Å². The van der Waals surface area contributed by atoms with Crippen LogP contribution in [-0.2, 0) is 11.3 Å². The first kappa shape index (κ1) is 16.8. The van der Waals surface area contributed by atoms with Crippen LogP contribution in [0.4, 0.5) is 0 Å². The van der Waals surface area contributed by atoms with Crippen LogP contribution in [0.25, 0.3) is 0 Å². The van der Waals surface area contributed by atoms with Crippen molar-refractivity contribution in [2.24, 2.45) is 0 Å². The molecule has 0 aliphatic heterocycles. The minimum atomic E-state index is -0.0469. The van der Waals surface area contributed by atoms with E-state index in [-0.39, 0.29) is 18.6 Å². The molecule has 0 bridgehead atoms. The van der Waals surface area contributed by atoms with E-state index in [0.29, 0.717) is 17.3 Å². The number of benzene rings is 1. The molecule has 20 heavy (non-hydrogen) atoms. The maximum atomic E-state index is 11.9. The highest BCUT2D eigenvalue weighted by molar-refractivity contribution is 6.31. The fourth-order valence-corrected chi connectivity index (χ4v) is 1.86. The van der Waals surface area contributed by atoms with E-state index in [2.05, 4.69) is 5.32 Å². The molecule has 0 aliphatic rings. The summed E-state index contributed by atoms with van der Waals surface area (Å²) in [5, 5.41) is 3.86. The molecule has 1 amide bonds. The average Bonchev–Trinajstić information content (AvgIpc) is 2.42. The molecule has 0 heterocycles. The Kier molecular flexibility index (Phi) is 6.82. The van der Waals surface area contributed by atoms with Gasteiger partial charge in [0.25, 0.3) is 5.91 Å². The van der Waals surface area contributed by atoms with Crippen LogP contribution in [0.3, 0.4) is 0 Å². The lowest BCUT2D eigenvalue weighted by atomic mass is 10.2. The predicted octanol–water partition coefficient (Wildman–Crippen LogP) is 2.70. The van der Waals surface area contributed by atoms with Gasteiger partial charge in [0.15, 0.2) is 6.61 Å². The molecule has 0 fully saturated rings. The minimum absolute atomic E-state index is 0.0220. The summed E-state index contributed by atoms with van der Waals surface area (Å²) in [6.45, 7) is 7.45. The van der Waals surface area contributed by atoms with Crippen LogP contribution in [0.2, 0.25) is 5.02 Å². The second-order valence-electron chi connectivity index (χ2n) is 4.88. The van der Waals surface area contributed by atoms with Crippen LogP contribution >= 0.6 is 11.6 Å². The Bertz CT molecular complexity index is 449. The van der Waals surface area contributed by atoms with Crippen molar-refractivity contribution in [1.29, 1.82) is 0 Å². The van der Waals surface area contributed by atoms with Gasteiger partial charge in [0.2, 0.25) is 0 Å². The molecule has 0 saturated heterocycles. The summed E-state index contributed by atoms with van der Waals surface area (Å²) < 4.78 is 5.63. The SMILES string of the molecule is CCNCc1c(Cl)cccc1OCC(=O)N(C)C(C)C. The third kappa shape index (κ3) is 4.69. The van der Waals surface area contributed by atoms with Gasteiger partial charge in [-0.3, -0.25) is 4.79 Å². The molecule has 0 aliphatic carbocycles. The molecule has 1 aromatic rings. The second-order valence-corrected chi connectivity index (χ2v) is 5.29. The van der Waals surface area contributed by atoms with E-state index in [1.807, 2.05) is 39.0 Å². The van der Waals surface area contributed by atoms with Gasteiger partial charge in [0, 0.05) is 30.2 Å². The van der Waals surface area contributed by atoms with Crippen molar-refractivity contribution in [3.8, 4) is 5.75 Å². The highest BCUT2D eigenvalue weighted by atomic mass is 35.5. The monoisotopic (exact) mass is 298 g/mol. The number of halogens is 1. The summed E-state index contributed by atoms with van der Waals surface area (Å²) >= 11 is 6.18. The summed E-state index contributed by atoms with van der Waals surface area (Å²) in [5.41, 5.74) is 0.885. The maximum absolute atomic E-state index is 11.9. The molecule has 0 unspecified atom stereocenters. The van der Waals surface area contributed by atoms with E-state index < -0.39 is 0 Å². The molecule has 0 radical (unpaired) electrons. The minimum Gasteiger partial charge on any atom is -0.483 e. The third-order valence-electron chi connectivity index (χ3n) is 3.15. The van der Waals surface area contributed by atoms with Crippen LogP contribution in [0.5, 0.6) is 5.75 Å². The van der Waals surface area contributed by atoms with Crippen LogP contribution in [0, 0.1) is 0 Å². The normalized spacial score (nSPS) is 10.7. The zero-order valence-corrected chi connectivity index (χ0v) is 13.3. The first-order valence-corrected chi connectivity index (χ1v) is 7.21. The summed E-state index contributed by atoms with van der Waals surface area (Å²) in [4.78, 5) is 13.6. The van der Waals surface area contributed by atoms with E-state index in [9.17, 15) is 4.79 Å². The Morgan fingerprint density at radius 1 is 1.45 bits per heavy atom. The molecule has 0 saturated carbocycles. The lowest BCUT2D eigenvalue weighted by Crippen LogP contribution is -2.36.